The molecule has 1 N–H and O–H groups in total. The number of aromatic nitrogens is 3. The standard InChI is InChI=1S/C21H22N4O2/c1-24-18-10-6-5-9-17(18)21(20(24)27,13-16-7-3-2-4-8-16)14-19-22-15-23-25(19)11-12-26/h2-10,15,26H,11-14H2,1H3/t21-/m1/s1. The molecule has 3 aromatic rings. The van der Waals surface area contributed by atoms with E-state index in [1.165, 1.54) is 6.33 Å². The Morgan fingerprint density at radius 3 is 2.56 bits per heavy atom. The fraction of sp³-hybridized carbons (Fsp3) is 0.286. The predicted octanol–water partition coefficient (Wildman–Crippen LogP) is 1.97. The molecule has 27 heavy (non-hydrogen) atoms. The minimum absolute atomic E-state index is 0.0213. The zero-order valence-electron chi connectivity index (χ0n) is 15.2. The van der Waals surface area contributed by atoms with Crippen LogP contribution in [0.5, 0.6) is 0 Å². The summed E-state index contributed by atoms with van der Waals surface area (Å²) in [6, 6.07) is 18.0. The Balaban J connectivity index is 1.84. The highest BCUT2D eigenvalue weighted by Gasteiger charge is 2.50. The fourth-order valence-electron chi connectivity index (χ4n) is 4.04. The molecule has 2 aromatic carbocycles. The summed E-state index contributed by atoms with van der Waals surface area (Å²) in [5.74, 6) is 0.768. The monoisotopic (exact) mass is 362 g/mol. The van der Waals surface area contributed by atoms with Gasteiger partial charge in [0.1, 0.15) is 12.2 Å². The van der Waals surface area contributed by atoms with E-state index in [1.54, 1.807) is 9.58 Å². The number of para-hydroxylation sites is 1. The minimum atomic E-state index is -0.743. The molecule has 0 radical (unpaired) electrons. The van der Waals surface area contributed by atoms with Gasteiger partial charge in [0.2, 0.25) is 5.91 Å². The normalized spacial score (nSPS) is 18.7. The first kappa shape index (κ1) is 17.4. The Hall–Kier alpha value is -2.99. The first-order valence-electron chi connectivity index (χ1n) is 9.05. The third-order valence-electron chi connectivity index (χ3n) is 5.31. The number of hydrogen-bond acceptors (Lipinski definition) is 4. The van der Waals surface area contributed by atoms with Crippen molar-refractivity contribution in [3.8, 4) is 0 Å². The molecular weight excluding hydrogens is 340 g/mol. The van der Waals surface area contributed by atoms with Crippen LogP contribution in [0.4, 0.5) is 5.69 Å². The first-order valence-corrected chi connectivity index (χ1v) is 9.05. The summed E-state index contributed by atoms with van der Waals surface area (Å²) >= 11 is 0. The molecule has 0 saturated carbocycles. The summed E-state index contributed by atoms with van der Waals surface area (Å²) < 4.78 is 1.68. The molecule has 1 atom stereocenters. The molecule has 1 amide bonds. The van der Waals surface area contributed by atoms with Gasteiger partial charge in [-0.3, -0.25) is 4.79 Å². The van der Waals surface area contributed by atoms with Gasteiger partial charge in [-0.2, -0.15) is 5.10 Å². The predicted molar refractivity (Wildman–Crippen MR) is 102 cm³/mol. The molecule has 6 nitrogen and oxygen atoms in total. The molecule has 0 aliphatic carbocycles. The van der Waals surface area contributed by atoms with Crippen molar-refractivity contribution >= 4 is 11.6 Å². The quantitative estimate of drug-likeness (QED) is 0.728. The third-order valence-corrected chi connectivity index (χ3v) is 5.31. The first-order chi connectivity index (χ1) is 13.2. The molecule has 0 bridgehead atoms. The van der Waals surface area contributed by atoms with Gasteiger partial charge in [0, 0.05) is 19.2 Å². The number of carbonyl (C=O) groups excluding carboxylic acids is 1. The van der Waals surface area contributed by atoms with Crippen molar-refractivity contribution in [1.29, 1.82) is 0 Å². The van der Waals surface area contributed by atoms with Crippen LogP contribution in [0.2, 0.25) is 0 Å². The van der Waals surface area contributed by atoms with Gasteiger partial charge >= 0.3 is 0 Å². The minimum Gasteiger partial charge on any atom is -0.394 e. The van der Waals surface area contributed by atoms with Crippen LogP contribution in [0.3, 0.4) is 0 Å². The largest absolute Gasteiger partial charge is 0.394 e. The summed E-state index contributed by atoms with van der Waals surface area (Å²) in [5.41, 5.74) is 2.31. The maximum absolute atomic E-state index is 13.5. The van der Waals surface area contributed by atoms with Crippen molar-refractivity contribution in [1.82, 2.24) is 14.8 Å². The van der Waals surface area contributed by atoms with Crippen LogP contribution >= 0.6 is 0 Å². The highest BCUT2D eigenvalue weighted by Crippen LogP contribution is 2.45. The lowest BCUT2D eigenvalue weighted by Gasteiger charge is -2.28. The molecule has 0 fully saturated rings. The number of rotatable bonds is 6. The lowest BCUT2D eigenvalue weighted by Crippen LogP contribution is -2.43. The Kier molecular flexibility index (Phi) is 4.49. The smallest absolute Gasteiger partial charge is 0.238 e. The Bertz CT molecular complexity index is 954. The van der Waals surface area contributed by atoms with Gasteiger partial charge in [-0.15, -0.1) is 0 Å². The average Bonchev–Trinajstić information content (AvgIpc) is 3.21. The fourth-order valence-corrected chi connectivity index (χ4v) is 4.04. The molecule has 2 heterocycles. The SMILES string of the molecule is CN1C(=O)[C@](Cc2ccccc2)(Cc2ncnn2CCO)c2ccccc21. The lowest BCUT2D eigenvalue weighted by atomic mass is 9.73. The molecule has 1 aliphatic heterocycles. The van der Waals surface area contributed by atoms with Crippen LogP contribution in [0.15, 0.2) is 60.9 Å². The highest BCUT2D eigenvalue weighted by atomic mass is 16.3. The van der Waals surface area contributed by atoms with E-state index in [-0.39, 0.29) is 12.5 Å². The van der Waals surface area contributed by atoms with Gasteiger partial charge in [0.05, 0.1) is 18.6 Å². The van der Waals surface area contributed by atoms with E-state index >= 15 is 0 Å². The second kappa shape index (κ2) is 6.96. The summed E-state index contributed by atoms with van der Waals surface area (Å²) in [5, 5.41) is 13.5. The van der Waals surface area contributed by atoms with E-state index in [1.807, 2.05) is 49.5 Å². The number of benzene rings is 2. The number of fused-ring (bicyclic) bond motifs is 1. The highest BCUT2D eigenvalue weighted by molar-refractivity contribution is 6.08. The van der Waals surface area contributed by atoms with Gasteiger partial charge in [-0.25, -0.2) is 9.67 Å². The van der Waals surface area contributed by atoms with Gasteiger partial charge in [0.15, 0.2) is 0 Å². The van der Waals surface area contributed by atoms with Crippen molar-refractivity contribution in [2.24, 2.45) is 0 Å². The summed E-state index contributed by atoms with van der Waals surface area (Å²) in [4.78, 5) is 19.6. The number of carbonyl (C=O) groups is 1. The topological polar surface area (TPSA) is 71.2 Å². The zero-order chi connectivity index (χ0) is 18.9. The third kappa shape index (κ3) is 2.92. The molecule has 0 spiro atoms. The van der Waals surface area contributed by atoms with Crippen LogP contribution < -0.4 is 4.90 Å². The molecule has 4 rings (SSSR count). The maximum Gasteiger partial charge on any atom is 0.238 e. The molecule has 138 valence electrons. The van der Waals surface area contributed by atoms with Crippen molar-refractivity contribution in [2.45, 2.75) is 24.8 Å². The van der Waals surface area contributed by atoms with Gasteiger partial charge in [-0.05, 0) is 23.6 Å². The zero-order valence-corrected chi connectivity index (χ0v) is 15.2. The van der Waals surface area contributed by atoms with Crippen LogP contribution in [0.1, 0.15) is 17.0 Å². The van der Waals surface area contributed by atoms with Crippen molar-refractivity contribution in [3.05, 3.63) is 77.9 Å². The summed E-state index contributed by atoms with van der Waals surface area (Å²) in [7, 11) is 1.83. The van der Waals surface area contributed by atoms with Crippen molar-refractivity contribution < 1.29 is 9.90 Å². The number of aliphatic hydroxyl groups is 1. The van der Waals surface area contributed by atoms with Crippen molar-refractivity contribution in [3.63, 3.8) is 0 Å². The van der Waals surface area contributed by atoms with Crippen LogP contribution in [-0.4, -0.2) is 39.4 Å². The van der Waals surface area contributed by atoms with Gasteiger partial charge in [0.25, 0.3) is 0 Å². The van der Waals surface area contributed by atoms with E-state index in [9.17, 15) is 9.90 Å². The van der Waals surface area contributed by atoms with E-state index in [0.29, 0.717) is 25.2 Å². The average molecular weight is 362 g/mol. The van der Waals surface area contributed by atoms with Crippen LogP contribution in [0, 0.1) is 0 Å². The van der Waals surface area contributed by atoms with E-state index in [0.717, 1.165) is 16.8 Å². The summed E-state index contributed by atoms with van der Waals surface area (Å²) in [6.45, 7) is 0.342. The Morgan fingerprint density at radius 2 is 1.78 bits per heavy atom. The number of likely N-dealkylation sites (N-methyl/N-ethyl adjacent to an activating group) is 1. The lowest BCUT2D eigenvalue weighted by molar-refractivity contribution is -0.123. The molecular formula is C21H22N4O2. The Labute approximate surface area is 158 Å². The molecule has 0 saturated heterocycles. The molecule has 0 unspecified atom stereocenters. The second-order valence-electron chi connectivity index (χ2n) is 6.93. The molecule has 1 aromatic heterocycles. The number of anilines is 1. The molecule has 1 aliphatic rings. The number of nitrogens with zero attached hydrogens (tertiary/aromatic N) is 4. The number of aliphatic hydroxyl groups excluding tert-OH is 1. The second-order valence-corrected chi connectivity index (χ2v) is 6.93. The van der Waals surface area contributed by atoms with E-state index in [2.05, 4.69) is 22.2 Å². The van der Waals surface area contributed by atoms with E-state index in [4.69, 9.17) is 0 Å². The van der Waals surface area contributed by atoms with Crippen LogP contribution in [0.25, 0.3) is 0 Å². The van der Waals surface area contributed by atoms with Gasteiger partial charge in [-0.1, -0.05) is 48.5 Å². The summed E-state index contributed by atoms with van der Waals surface area (Å²) in [6.07, 6.45) is 2.50. The Morgan fingerprint density at radius 1 is 1.04 bits per heavy atom. The van der Waals surface area contributed by atoms with Gasteiger partial charge < -0.3 is 10.0 Å². The van der Waals surface area contributed by atoms with E-state index < -0.39 is 5.41 Å². The van der Waals surface area contributed by atoms with Crippen LogP contribution in [-0.2, 0) is 29.6 Å². The number of hydrogen-bond donors (Lipinski definition) is 1. The molecule has 6 heteroatoms. The maximum atomic E-state index is 13.5. The number of amides is 1. The van der Waals surface area contributed by atoms with Crippen molar-refractivity contribution in [2.75, 3.05) is 18.6 Å².